The molecule has 1 amide bonds. The van der Waals surface area contributed by atoms with Crippen LogP contribution in [0.5, 0.6) is 0 Å². The predicted octanol–water partition coefficient (Wildman–Crippen LogP) is -0.970. The molecule has 0 fully saturated rings. The summed E-state index contributed by atoms with van der Waals surface area (Å²) in [4.78, 5) is 21.3. The maximum atomic E-state index is 11.0. The lowest BCUT2D eigenvalue weighted by Gasteiger charge is -2.08. The molecule has 0 aliphatic carbocycles. The van der Waals surface area contributed by atoms with E-state index < -0.39 is 11.9 Å². The number of hydrogen-bond donors (Lipinski definition) is 2. The molecule has 0 saturated carbocycles. The van der Waals surface area contributed by atoms with Crippen molar-refractivity contribution in [2.45, 2.75) is 20.0 Å². The van der Waals surface area contributed by atoms with Gasteiger partial charge in [-0.1, -0.05) is 0 Å². The molecule has 0 radical (unpaired) electrons. The Morgan fingerprint density at radius 1 is 1.27 bits per heavy atom. The molecule has 3 N–H and O–H groups in total. The Bertz CT molecular complexity index is 206. The molecule has 0 saturated heterocycles. The fourth-order valence-electron chi connectivity index (χ4n) is 0.778. The minimum atomic E-state index is -0.508. The van der Waals surface area contributed by atoms with E-state index in [0.717, 1.165) is 0 Å². The van der Waals surface area contributed by atoms with Crippen molar-refractivity contribution in [3.05, 3.63) is 0 Å². The highest BCUT2D eigenvalue weighted by molar-refractivity contribution is 5.77. The molecule has 0 spiro atoms. The molecule has 0 aromatic carbocycles. The van der Waals surface area contributed by atoms with Gasteiger partial charge in [-0.15, -0.1) is 0 Å². The SMILES string of the molecule is CC(C)OCCOC(=O)CNCC(N)=O. The first-order valence-corrected chi connectivity index (χ1v) is 4.78. The molecular formula is C9H18N2O4. The number of hydrogen-bond acceptors (Lipinski definition) is 5. The van der Waals surface area contributed by atoms with Gasteiger partial charge < -0.3 is 15.2 Å². The maximum absolute atomic E-state index is 11.0. The topological polar surface area (TPSA) is 90.7 Å². The highest BCUT2D eigenvalue weighted by Crippen LogP contribution is 1.87. The minimum Gasteiger partial charge on any atom is -0.462 e. The molecule has 6 heteroatoms. The Kier molecular flexibility index (Phi) is 7.57. The van der Waals surface area contributed by atoms with Gasteiger partial charge in [0.05, 0.1) is 25.8 Å². The summed E-state index contributed by atoms with van der Waals surface area (Å²) in [7, 11) is 0. The first kappa shape index (κ1) is 13.9. The Labute approximate surface area is 89.1 Å². The fourth-order valence-corrected chi connectivity index (χ4v) is 0.778. The second kappa shape index (κ2) is 8.19. The summed E-state index contributed by atoms with van der Waals surface area (Å²) in [5.41, 5.74) is 4.86. The highest BCUT2D eigenvalue weighted by atomic mass is 16.6. The average molecular weight is 218 g/mol. The van der Waals surface area contributed by atoms with Crippen LogP contribution in [0.1, 0.15) is 13.8 Å². The van der Waals surface area contributed by atoms with E-state index in [2.05, 4.69) is 5.32 Å². The second-order valence-electron chi connectivity index (χ2n) is 3.21. The van der Waals surface area contributed by atoms with Crippen molar-refractivity contribution < 1.29 is 19.1 Å². The molecule has 0 aromatic heterocycles. The average Bonchev–Trinajstić information content (AvgIpc) is 2.11. The van der Waals surface area contributed by atoms with Gasteiger partial charge in [-0.2, -0.15) is 0 Å². The van der Waals surface area contributed by atoms with Crippen LogP contribution in [0.25, 0.3) is 0 Å². The van der Waals surface area contributed by atoms with Crippen LogP contribution < -0.4 is 11.1 Å². The number of ether oxygens (including phenoxy) is 2. The number of rotatable bonds is 8. The molecule has 88 valence electrons. The molecule has 15 heavy (non-hydrogen) atoms. The third-order valence-corrected chi connectivity index (χ3v) is 1.37. The summed E-state index contributed by atoms with van der Waals surface area (Å²) in [5.74, 6) is -0.936. The number of carbonyl (C=O) groups is 2. The molecule has 6 nitrogen and oxygen atoms in total. The molecule has 0 heterocycles. The van der Waals surface area contributed by atoms with Crippen molar-refractivity contribution in [2.75, 3.05) is 26.3 Å². The van der Waals surface area contributed by atoms with Crippen molar-refractivity contribution >= 4 is 11.9 Å². The summed E-state index contributed by atoms with van der Waals surface area (Å²) >= 11 is 0. The van der Waals surface area contributed by atoms with E-state index in [4.69, 9.17) is 15.2 Å². The smallest absolute Gasteiger partial charge is 0.320 e. The summed E-state index contributed by atoms with van der Waals surface area (Å²) in [5, 5.41) is 2.54. The van der Waals surface area contributed by atoms with Crippen LogP contribution in [0.2, 0.25) is 0 Å². The zero-order valence-corrected chi connectivity index (χ0v) is 9.12. The van der Waals surface area contributed by atoms with Crippen molar-refractivity contribution in [2.24, 2.45) is 5.73 Å². The van der Waals surface area contributed by atoms with Gasteiger partial charge >= 0.3 is 5.97 Å². The predicted molar refractivity (Wildman–Crippen MR) is 54.1 cm³/mol. The number of primary amides is 1. The van der Waals surface area contributed by atoms with E-state index in [1.54, 1.807) is 0 Å². The van der Waals surface area contributed by atoms with E-state index in [9.17, 15) is 9.59 Å². The normalized spacial score (nSPS) is 10.3. The van der Waals surface area contributed by atoms with Crippen LogP contribution in [0.4, 0.5) is 0 Å². The zero-order valence-electron chi connectivity index (χ0n) is 9.12. The first-order chi connectivity index (χ1) is 7.02. The summed E-state index contributed by atoms with van der Waals surface area (Å²) in [6.07, 6.45) is 0.122. The Hall–Kier alpha value is -1.14. The lowest BCUT2D eigenvalue weighted by atomic mass is 10.5. The monoisotopic (exact) mass is 218 g/mol. The van der Waals surface area contributed by atoms with Gasteiger partial charge in [-0.25, -0.2) is 0 Å². The van der Waals surface area contributed by atoms with Gasteiger partial charge in [0.25, 0.3) is 0 Å². The number of esters is 1. The third kappa shape index (κ3) is 10.8. The Morgan fingerprint density at radius 2 is 1.93 bits per heavy atom. The zero-order chi connectivity index (χ0) is 11.7. The van der Waals surface area contributed by atoms with Crippen LogP contribution in [-0.2, 0) is 19.1 Å². The molecular weight excluding hydrogens is 200 g/mol. The number of carbonyl (C=O) groups excluding carboxylic acids is 2. The quantitative estimate of drug-likeness (QED) is 0.404. The van der Waals surface area contributed by atoms with Crippen LogP contribution in [0, 0.1) is 0 Å². The molecule has 0 aromatic rings. The fraction of sp³-hybridized carbons (Fsp3) is 0.778. The van der Waals surface area contributed by atoms with Crippen molar-refractivity contribution in [3.8, 4) is 0 Å². The first-order valence-electron chi connectivity index (χ1n) is 4.78. The maximum Gasteiger partial charge on any atom is 0.320 e. The molecule has 0 aliphatic rings. The van der Waals surface area contributed by atoms with Gasteiger partial charge in [0.2, 0.25) is 5.91 Å². The van der Waals surface area contributed by atoms with Crippen LogP contribution in [0.15, 0.2) is 0 Å². The van der Waals surface area contributed by atoms with Crippen LogP contribution in [-0.4, -0.2) is 44.3 Å². The Morgan fingerprint density at radius 3 is 2.47 bits per heavy atom. The molecule has 0 bridgehead atoms. The second-order valence-corrected chi connectivity index (χ2v) is 3.21. The minimum absolute atomic E-state index is 0.0232. The van der Waals surface area contributed by atoms with Crippen molar-refractivity contribution in [1.29, 1.82) is 0 Å². The van der Waals surface area contributed by atoms with E-state index in [1.807, 2.05) is 13.8 Å². The van der Waals surface area contributed by atoms with E-state index in [0.29, 0.717) is 6.61 Å². The van der Waals surface area contributed by atoms with Gasteiger partial charge in [-0.05, 0) is 13.8 Å². The van der Waals surface area contributed by atoms with Crippen LogP contribution >= 0.6 is 0 Å². The van der Waals surface area contributed by atoms with E-state index >= 15 is 0 Å². The molecule has 0 unspecified atom stereocenters. The molecule has 0 rings (SSSR count). The lowest BCUT2D eigenvalue weighted by molar-refractivity contribution is -0.144. The van der Waals surface area contributed by atoms with E-state index in [1.165, 1.54) is 0 Å². The van der Waals surface area contributed by atoms with Gasteiger partial charge in [0.15, 0.2) is 0 Å². The van der Waals surface area contributed by atoms with E-state index in [-0.39, 0.29) is 25.8 Å². The number of nitrogens with one attached hydrogen (secondary N) is 1. The third-order valence-electron chi connectivity index (χ3n) is 1.37. The van der Waals surface area contributed by atoms with Gasteiger partial charge in [-0.3, -0.25) is 14.9 Å². The van der Waals surface area contributed by atoms with Crippen molar-refractivity contribution in [1.82, 2.24) is 5.32 Å². The Balaban J connectivity index is 3.30. The molecule has 0 atom stereocenters. The summed E-state index contributed by atoms with van der Waals surface area (Å²) in [6, 6.07) is 0. The van der Waals surface area contributed by atoms with Crippen LogP contribution in [0.3, 0.4) is 0 Å². The highest BCUT2D eigenvalue weighted by Gasteiger charge is 2.03. The largest absolute Gasteiger partial charge is 0.462 e. The summed E-state index contributed by atoms with van der Waals surface area (Å²) in [6.45, 7) is 4.34. The lowest BCUT2D eigenvalue weighted by Crippen LogP contribution is -2.33. The van der Waals surface area contributed by atoms with Crippen molar-refractivity contribution in [3.63, 3.8) is 0 Å². The standard InChI is InChI=1S/C9H18N2O4/c1-7(2)14-3-4-15-9(13)6-11-5-8(10)12/h7,11H,3-6H2,1-2H3,(H2,10,12). The molecule has 0 aliphatic heterocycles. The number of nitrogens with two attached hydrogens (primary N) is 1. The van der Waals surface area contributed by atoms with Gasteiger partial charge in [0.1, 0.15) is 6.61 Å². The number of amides is 1. The van der Waals surface area contributed by atoms with Gasteiger partial charge in [0, 0.05) is 0 Å². The summed E-state index contributed by atoms with van der Waals surface area (Å²) < 4.78 is 9.96.